The lowest BCUT2D eigenvalue weighted by molar-refractivity contribution is 0.260. The van der Waals surface area contributed by atoms with Crippen molar-refractivity contribution in [3.8, 4) is 5.69 Å². The molecule has 0 radical (unpaired) electrons. The highest BCUT2D eigenvalue weighted by molar-refractivity contribution is 7.99. The van der Waals surface area contributed by atoms with E-state index < -0.39 is 16.9 Å². The van der Waals surface area contributed by atoms with Gasteiger partial charge in [-0.3, -0.25) is 4.79 Å². The van der Waals surface area contributed by atoms with E-state index in [0.29, 0.717) is 18.8 Å². The fourth-order valence-corrected chi connectivity index (χ4v) is 3.43. The summed E-state index contributed by atoms with van der Waals surface area (Å²) in [6.07, 6.45) is 1.50. The van der Waals surface area contributed by atoms with Gasteiger partial charge in [-0.2, -0.15) is 11.8 Å². The number of anilines is 1. The monoisotopic (exact) mass is 371 g/mol. The van der Waals surface area contributed by atoms with Crippen molar-refractivity contribution in [3.05, 3.63) is 35.7 Å². The number of halogens is 2. The maximum atomic E-state index is 14.4. The number of nitrogens with one attached hydrogen (secondary N) is 1. The Balaban J connectivity index is 1.83. The molecule has 1 aliphatic rings. The number of carbonyl (C=O) groups is 1. The summed E-state index contributed by atoms with van der Waals surface area (Å²) in [4.78, 5) is 12.5. The van der Waals surface area contributed by atoms with Crippen LogP contribution in [-0.4, -0.2) is 44.8 Å². The molecule has 0 saturated carbocycles. The van der Waals surface area contributed by atoms with E-state index in [1.165, 1.54) is 23.0 Å². The molecule has 3 rings (SSSR count). The van der Waals surface area contributed by atoms with Crippen LogP contribution in [0.4, 0.5) is 19.3 Å². The summed E-state index contributed by atoms with van der Waals surface area (Å²) in [7, 11) is 0. The molecular weight excluding hydrogens is 356 g/mol. The standard InChI is InChI=1S/C14H15F2N5OS2/c15-11-5-10(21-8-9(18-19-21)7-17-14(22)23)6-12(16)13(11)20-1-3-24-4-2-20/h5-6,8H,1-4,7H2,(H2,17,22,23). The second-order valence-corrected chi connectivity index (χ2v) is 6.80. The maximum absolute atomic E-state index is 14.4. The van der Waals surface area contributed by atoms with Crippen LogP contribution in [0.3, 0.4) is 0 Å². The summed E-state index contributed by atoms with van der Waals surface area (Å²) in [5.41, 5.74) is 0.688. The Morgan fingerprint density at radius 2 is 1.96 bits per heavy atom. The molecule has 1 saturated heterocycles. The lowest BCUT2D eigenvalue weighted by atomic mass is 10.2. The average Bonchev–Trinajstić information content (AvgIpc) is 3.02. The Morgan fingerprint density at radius 1 is 1.29 bits per heavy atom. The van der Waals surface area contributed by atoms with Gasteiger partial charge in [-0.15, -0.1) is 5.10 Å². The highest BCUT2D eigenvalue weighted by atomic mass is 32.2. The Bertz CT molecular complexity index is 726. The molecule has 1 aromatic carbocycles. The molecular formula is C14H15F2N5OS2. The molecule has 0 bridgehead atoms. The van der Waals surface area contributed by atoms with Gasteiger partial charge in [-0.25, -0.2) is 13.5 Å². The van der Waals surface area contributed by atoms with Gasteiger partial charge in [0.15, 0.2) is 11.6 Å². The molecule has 2 aromatic rings. The second-order valence-electron chi connectivity index (χ2n) is 5.17. The number of benzene rings is 1. The lowest BCUT2D eigenvalue weighted by Crippen LogP contribution is -2.33. The molecule has 24 heavy (non-hydrogen) atoms. The van der Waals surface area contributed by atoms with Crippen LogP contribution in [0.1, 0.15) is 5.69 Å². The Labute approximate surface area is 147 Å². The second kappa shape index (κ2) is 7.39. The molecule has 0 unspecified atom stereocenters. The first-order valence-corrected chi connectivity index (χ1v) is 8.85. The quantitative estimate of drug-likeness (QED) is 0.807. The van der Waals surface area contributed by atoms with Gasteiger partial charge in [0.1, 0.15) is 11.4 Å². The molecule has 1 fully saturated rings. The van der Waals surface area contributed by atoms with Gasteiger partial charge in [0.2, 0.25) is 0 Å². The molecule has 0 spiro atoms. The zero-order valence-corrected chi connectivity index (χ0v) is 14.3. The summed E-state index contributed by atoms with van der Waals surface area (Å²) in [5, 5.41) is 9.63. The normalized spacial score (nSPS) is 14.7. The molecule has 0 aliphatic carbocycles. The van der Waals surface area contributed by atoms with Crippen molar-refractivity contribution in [2.45, 2.75) is 6.54 Å². The van der Waals surface area contributed by atoms with Crippen molar-refractivity contribution < 1.29 is 13.6 Å². The molecule has 128 valence electrons. The summed E-state index contributed by atoms with van der Waals surface area (Å²) in [5.74, 6) is 0.448. The van der Waals surface area contributed by atoms with Crippen LogP contribution in [0, 0.1) is 11.6 Å². The Kier molecular flexibility index (Phi) is 5.24. The van der Waals surface area contributed by atoms with E-state index >= 15 is 0 Å². The largest absolute Gasteiger partial charge is 0.365 e. The van der Waals surface area contributed by atoms with Crippen molar-refractivity contribution in [2.75, 3.05) is 29.5 Å². The summed E-state index contributed by atoms with van der Waals surface area (Å²) < 4.78 is 30.1. The first-order chi connectivity index (χ1) is 11.5. The summed E-state index contributed by atoms with van der Waals surface area (Å²) in [6, 6.07) is 2.46. The van der Waals surface area contributed by atoms with E-state index in [2.05, 4.69) is 28.3 Å². The third-order valence-electron chi connectivity index (χ3n) is 3.56. The van der Waals surface area contributed by atoms with Gasteiger partial charge in [0.05, 0.1) is 18.4 Å². The predicted octanol–water partition coefficient (Wildman–Crippen LogP) is 2.24. The van der Waals surface area contributed by atoms with Crippen molar-refractivity contribution in [3.63, 3.8) is 0 Å². The molecule has 0 atom stereocenters. The van der Waals surface area contributed by atoms with Crippen molar-refractivity contribution in [1.82, 2.24) is 20.3 Å². The van der Waals surface area contributed by atoms with E-state index in [0.717, 1.165) is 11.5 Å². The zero-order valence-electron chi connectivity index (χ0n) is 12.6. The first kappa shape index (κ1) is 17.0. The van der Waals surface area contributed by atoms with Gasteiger partial charge >= 0.3 is 0 Å². The van der Waals surface area contributed by atoms with Gasteiger partial charge in [-0.1, -0.05) is 17.8 Å². The summed E-state index contributed by atoms with van der Waals surface area (Å²) >= 11 is 5.35. The first-order valence-electron chi connectivity index (χ1n) is 7.25. The topological polar surface area (TPSA) is 63.1 Å². The van der Waals surface area contributed by atoms with E-state index in [-0.39, 0.29) is 17.9 Å². The fraction of sp³-hybridized carbons (Fsp3) is 0.357. The lowest BCUT2D eigenvalue weighted by Gasteiger charge is -2.29. The van der Waals surface area contributed by atoms with Crippen LogP contribution in [0.25, 0.3) is 5.69 Å². The third kappa shape index (κ3) is 3.81. The fourth-order valence-electron chi connectivity index (χ4n) is 2.45. The minimum absolute atomic E-state index is 0.00160. The van der Waals surface area contributed by atoms with E-state index in [4.69, 9.17) is 0 Å². The molecule has 2 heterocycles. The third-order valence-corrected chi connectivity index (χ3v) is 4.66. The maximum Gasteiger partial charge on any atom is 0.276 e. The number of hydrogen-bond acceptors (Lipinski definition) is 5. The number of aromatic nitrogens is 3. The number of carbonyl (C=O) groups excluding carboxylic acids is 1. The molecule has 1 aliphatic heterocycles. The summed E-state index contributed by atoms with van der Waals surface area (Å²) in [6.45, 7) is 1.38. The van der Waals surface area contributed by atoms with Crippen LogP contribution < -0.4 is 10.2 Å². The smallest absolute Gasteiger partial charge is 0.276 e. The van der Waals surface area contributed by atoms with Gasteiger partial charge in [-0.05, 0) is 0 Å². The van der Waals surface area contributed by atoms with Gasteiger partial charge in [0, 0.05) is 36.7 Å². The highest BCUT2D eigenvalue weighted by Gasteiger charge is 2.21. The predicted molar refractivity (Wildman–Crippen MR) is 92.0 cm³/mol. The van der Waals surface area contributed by atoms with Gasteiger partial charge < -0.3 is 10.2 Å². The molecule has 6 nitrogen and oxygen atoms in total. The number of thiol groups is 1. The van der Waals surface area contributed by atoms with E-state index in [1.54, 1.807) is 16.7 Å². The number of amides is 1. The van der Waals surface area contributed by atoms with E-state index in [1.807, 2.05) is 0 Å². The van der Waals surface area contributed by atoms with Crippen LogP contribution in [-0.2, 0) is 6.54 Å². The zero-order chi connectivity index (χ0) is 17.1. The van der Waals surface area contributed by atoms with Crippen molar-refractivity contribution in [1.29, 1.82) is 0 Å². The average molecular weight is 371 g/mol. The van der Waals surface area contributed by atoms with Crippen LogP contribution in [0.2, 0.25) is 0 Å². The minimum atomic E-state index is -0.627. The minimum Gasteiger partial charge on any atom is -0.365 e. The van der Waals surface area contributed by atoms with Crippen LogP contribution in [0.5, 0.6) is 0 Å². The Hall–Kier alpha value is -1.81. The molecule has 10 heteroatoms. The number of thioether (sulfide) groups is 1. The number of nitrogens with zero attached hydrogens (tertiary/aromatic N) is 4. The van der Waals surface area contributed by atoms with Crippen molar-refractivity contribution >= 4 is 35.3 Å². The van der Waals surface area contributed by atoms with E-state index in [9.17, 15) is 13.6 Å². The van der Waals surface area contributed by atoms with Crippen LogP contribution >= 0.6 is 24.4 Å². The molecule has 1 aromatic heterocycles. The SMILES string of the molecule is O=C(S)NCc1cn(-c2cc(F)c(N3CCSCC3)c(F)c2)nn1. The number of rotatable bonds is 4. The van der Waals surface area contributed by atoms with Crippen molar-refractivity contribution in [2.24, 2.45) is 0 Å². The highest BCUT2D eigenvalue weighted by Crippen LogP contribution is 2.28. The van der Waals surface area contributed by atoms with Crippen LogP contribution in [0.15, 0.2) is 18.3 Å². The Morgan fingerprint density at radius 3 is 2.58 bits per heavy atom. The molecule has 1 amide bonds. The molecule has 1 N–H and O–H groups in total. The number of hydrogen-bond donors (Lipinski definition) is 2. The van der Waals surface area contributed by atoms with Gasteiger partial charge in [0.25, 0.3) is 5.24 Å².